The predicted molar refractivity (Wildman–Crippen MR) is 96.8 cm³/mol. The number of aromatic nitrogens is 2. The molecule has 1 N–H and O–H groups in total. The largest absolute Gasteiger partial charge is 0.331 e. The molecule has 1 aliphatic rings. The van der Waals surface area contributed by atoms with Gasteiger partial charge in [0.2, 0.25) is 0 Å². The van der Waals surface area contributed by atoms with Crippen LogP contribution in [0.2, 0.25) is 24.7 Å². The summed E-state index contributed by atoms with van der Waals surface area (Å²) in [6.07, 6.45) is 0. The molecule has 1 aromatic carbocycles. The summed E-state index contributed by atoms with van der Waals surface area (Å²) >= 11 is 6.35. The van der Waals surface area contributed by atoms with E-state index in [2.05, 4.69) is 41.0 Å². The van der Waals surface area contributed by atoms with Crippen LogP contribution in [-0.2, 0) is 13.1 Å². The number of imidazole rings is 1. The Morgan fingerprint density at radius 1 is 1.26 bits per heavy atom. The van der Waals surface area contributed by atoms with E-state index in [0.717, 1.165) is 22.6 Å². The fourth-order valence-corrected chi connectivity index (χ4v) is 3.45. The minimum Gasteiger partial charge on any atom is -0.298 e. The molecule has 0 saturated carbocycles. The number of halogens is 1. The van der Waals surface area contributed by atoms with Crippen molar-refractivity contribution in [1.82, 2.24) is 14.5 Å². The van der Waals surface area contributed by atoms with Gasteiger partial charge in [0, 0.05) is 23.7 Å². The number of H-pyrrole nitrogens is 1. The van der Waals surface area contributed by atoms with Gasteiger partial charge in [-0.3, -0.25) is 14.5 Å². The summed E-state index contributed by atoms with van der Waals surface area (Å²) in [7, 11) is 0.510. The first-order chi connectivity index (χ1) is 10.8. The van der Waals surface area contributed by atoms with E-state index in [1.807, 2.05) is 25.2 Å². The lowest BCUT2D eigenvalue weighted by atomic mass is 10.1. The van der Waals surface area contributed by atoms with Gasteiger partial charge in [-0.1, -0.05) is 43.2 Å². The Labute approximate surface area is 142 Å². The third kappa shape index (κ3) is 3.16. The van der Waals surface area contributed by atoms with Crippen LogP contribution in [0.5, 0.6) is 0 Å². The van der Waals surface area contributed by atoms with Gasteiger partial charge in [0.1, 0.15) is 13.8 Å². The smallest absolute Gasteiger partial charge is 0.298 e. The Balaban J connectivity index is 2.25. The van der Waals surface area contributed by atoms with Crippen LogP contribution in [0.4, 0.5) is 0 Å². The molecule has 0 saturated heterocycles. The molecule has 120 valence electrons. The van der Waals surface area contributed by atoms with Gasteiger partial charge in [-0.05, 0) is 19.2 Å². The fourth-order valence-electron chi connectivity index (χ4n) is 2.72. The predicted octanol–water partition coefficient (Wildman–Crippen LogP) is 2.99. The molecule has 1 aromatic heterocycles. The van der Waals surface area contributed by atoms with Crippen molar-refractivity contribution in [1.29, 1.82) is 0 Å². The van der Waals surface area contributed by atoms with E-state index in [1.165, 1.54) is 0 Å². The number of benzene rings is 1. The molecule has 0 bridgehead atoms. The van der Waals surface area contributed by atoms with E-state index >= 15 is 0 Å². The van der Waals surface area contributed by atoms with Gasteiger partial charge in [-0.15, -0.1) is 5.54 Å². The summed E-state index contributed by atoms with van der Waals surface area (Å²) in [5.74, 6) is 3.20. The molecule has 0 unspecified atom stereocenters. The zero-order valence-electron chi connectivity index (χ0n) is 13.8. The molecule has 2 aromatic rings. The van der Waals surface area contributed by atoms with Crippen LogP contribution in [0.1, 0.15) is 17.0 Å². The van der Waals surface area contributed by atoms with Gasteiger partial charge in [-0.25, -0.2) is 4.79 Å². The third-order valence-electron chi connectivity index (χ3n) is 3.74. The summed E-state index contributed by atoms with van der Waals surface area (Å²) < 4.78 is 1.72. The van der Waals surface area contributed by atoms with Crippen LogP contribution in [-0.4, -0.2) is 29.6 Å². The SMILES string of the molecule is CN1Cc2c(Cl)cccc2-n2c(c(C#C[Si](C)(C)C)[nH]c2=O)C1. The Hall–Kier alpha value is -1.74. The summed E-state index contributed by atoms with van der Waals surface area (Å²) in [6, 6.07) is 5.68. The zero-order valence-corrected chi connectivity index (χ0v) is 15.6. The minimum atomic E-state index is -1.51. The highest BCUT2D eigenvalue weighted by molar-refractivity contribution is 6.83. The summed E-state index contributed by atoms with van der Waals surface area (Å²) in [5, 5.41) is 0.685. The van der Waals surface area contributed by atoms with Crippen LogP contribution in [0.25, 0.3) is 5.69 Å². The van der Waals surface area contributed by atoms with Crippen molar-refractivity contribution in [3.63, 3.8) is 0 Å². The standard InChI is InChI=1S/C17H20ClN3OSi/c1-20-10-12-13(18)6-5-7-15(12)21-16(11-20)14(19-17(21)22)8-9-23(2,3)4/h5-7H,10-11H2,1-4H3,(H,19,22). The van der Waals surface area contributed by atoms with Gasteiger partial charge in [0.25, 0.3) is 0 Å². The topological polar surface area (TPSA) is 41.0 Å². The molecule has 4 nitrogen and oxygen atoms in total. The number of hydrogen-bond acceptors (Lipinski definition) is 2. The molecule has 0 radical (unpaired) electrons. The van der Waals surface area contributed by atoms with Crippen LogP contribution in [0.3, 0.4) is 0 Å². The van der Waals surface area contributed by atoms with Gasteiger partial charge in [-0.2, -0.15) is 0 Å². The molecule has 0 aliphatic carbocycles. The van der Waals surface area contributed by atoms with E-state index in [1.54, 1.807) is 4.57 Å². The maximum absolute atomic E-state index is 12.5. The quantitative estimate of drug-likeness (QED) is 0.589. The molecule has 0 fully saturated rings. The highest BCUT2D eigenvalue weighted by atomic mass is 35.5. The van der Waals surface area contributed by atoms with Gasteiger partial charge >= 0.3 is 5.69 Å². The van der Waals surface area contributed by atoms with Crippen molar-refractivity contribution in [2.24, 2.45) is 0 Å². The first-order valence-corrected chi connectivity index (χ1v) is 11.5. The first-order valence-electron chi connectivity index (χ1n) is 7.59. The van der Waals surface area contributed by atoms with Crippen LogP contribution >= 0.6 is 11.6 Å². The van der Waals surface area contributed by atoms with E-state index in [9.17, 15) is 4.79 Å². The molecular weight excluding hydrogens is 326 g/mol. The van der Waals surface area contributed by atoms with Gasteiger partial charge in [0.05, 0.1) is 11.4 Å². The number of nitrogens with zero attached hydrogens (tertiary/aromatic N) is 2. The zero-order chi connectivity index (χ0) is 16.8. The number of nitrogens with one attached hydrogen (secondary N) is 1. The third-order valence-corrected chi connectivity index (χ3v) is 4.97. The Morgan fingerprint density at radius 3 is 2.70 bits per heavy atom. The van der Waals surface area contributed by atoms with E-state index in [-0.39, 0.29) is 5.69 Å². The second-order valence-corrected chi connectivity index (χ2v) is 12.2. The first kappa shape index (κ1) is 16.1. The normalized spacial score (nSPS) is 14.5. The lowest BCUT2D eigenvalue weighted by Crippen LogP contribution is -2.18. The van der Waals surface area contributed by atoms with Crippen molar-refractivity contribution in [3.05, 3.63) is 50.7 Å². The van der Waals surface area contributed by atoms with Crippen molar-refractivity contribution in [2.45, 2.75) is 32.7 Å². The second-order valence-electron chi connectivity index (χ2n) is 7.00. The molecular formula is C17H20ClN3OSi. The van der Waals surface area contributed by atoms with Crippen LogP contribution in [0, 0.1) is 11.5 Å². The summed E-state index contributed by atoms with van der Waals surface area (Å²) in [4.78, 5) is 17.6. The van der Waals surface area contributed by atoms with E-state index in [4.69, 9.17) is 11.6 Å². The Morgan fingerprint density at radius 2 is 2.00 bits per heavy atom. The average molecular weight is 346 g/mol. The second kappa shape index (κ2) is 5.71. The summed E-state index contributed by atoms with van der Waals surface area (Å²) in [6.45, 7) is 7.92. The molecule has 0 amide bonds. The van der Waals surface area contributed by atoms with Crippen LogP contribution < -0.4 is 5.69 Å². The van der Waals surface area contributed by atoms with Crippen molar-refractivity contribution in [2.75, 3.05) is 7.05 Å². The van der Waals surface area contributed by atoms with Crippen molar-refractivity contribution < 1.29 is 0 Å². The number of rotatable bonds is 0. The maximum atomic E-state index is 12.5. The fraction of sp³-hybridized carbons (Fsp3) is 0.353. The van der Waals surface area contributed by atoms with E-state index < -0.39 is 8.07 Å². The van der Waals surface area contributed by atoms with Gasteiger partial charge < -0.3 is 0 Å². The molecule has 0 spiro atoms. The molecule has 6 heteroatoms. The minimum absolute atomic E-state index is 0.154. The number of aromatic amines is 1. The molecule has 1 aliphatic heterocycles. The molecule has 23 heavy (non-hydrogen) atoms. The Kier molecular flexibility index (Phi) is 4.01. The van der Waals surface area contributed by atoms with E-state index in [0.29, 0.717) is 18.1 Å². The lowest BCUT2D eigenvalue weighted by molar-refractivity contribution is 0.319. The Bertz CT molecular complexity index is 880. The highest BCUT2D eigenvalue weighted by Gasteiger charge is 2.23. The lowest BCUT2D eigenvalue weighted by Gasteiger charge is -2.14. The van der Waals surface area contributed by atoms with Crippen molar-refractivity contribution >= 4 is 19.7 Å². The number of hydrogen-bond donors (Lipinski definition) is 1. The average Bonchev–Trinajstić information content (AvgIpc) is 2.64. The molecule has 2 heterocycles. The van der Waals surface area contributed by atoms with Gasteiger partial charge in [0.15, 0.2) is 0 Å². The van der Waals surface area contributed by atoms with Crippen molar-refractivity contribution in [3.8, 4) is 17.2 Å². The maximum Gasteiger partial charge on any atom is 0.331 e. The molecule has 3 rings (SSSR count). The highest BCUT2D eigenvalue weighted by Crippen LogP contribution is 2.28. The summed E-state index contributed by atoms with van der Waals surface area (Å²) in [5.41, 5.74) is 6.63. The monoisotopic (exact) mass is 345 g/mol. The van der Waals surface area contributed by atoms with Crippen LogP contribution in [0.15, 0.2) is 23.0 Å². The number of fused-ring (bicyclic) bond motifs is 3. The molecule has 0 atom stereocenters.